The number of benzene rings is 2. The first-order chi connectivity index (χ1) is 9.42. The van der Waals surface area contributed by atoms with E-state index in [9.17, 15) is 12.8 Å². The monoisotopic (exact) mass is 295 g/mol. The summed E-state index contributed by atoms with van der Waals surface area (Å²) in [6.45, 7) is 1.48. The molecule has 0 aromatic heterocycles. The number of sulfonamides is 1. The third-order valence-electron chi connectivity index (χ3n) is 2.76. The zero-order valence-corrected chi connectivity index (χ0v) is 11.6. The average molecular weight is 295 g/mol. The van der Waals surface area contributed by atoms with Crippen LogP contribution in [0.4, 0.5) is 10.1 Å². The Morgan fingerprint density at radius 3 is 2.65 bits per heavy atom. The summed E-state index contributed by atoms with van der Waals surface area (Å²) in [6, 6.07) is 10.0. The van der Waals surface area contributed by atoms with Crippen molar-refractivity contribution < 1.29 is 17.9 Å². The quantitative estimate of drug-likeness (QED) is 0.910. The minimum Gasteiger partial charge on any atom is -0.392 e. The van der Waals surface area contributed by atoms with Crippen LogP contribution in [0, 0.1) is 12.7 Å². The molecule has 2 rings (SSSR count). The lowest BCUT2D eigenvalue weighted by Gasteiger charge is -2.10. The second-order valence-corrected chi connectivity index (χ2v) is 6.08. The van der Waals surface area contributed by atoms with E-state index in [0.717, 1.165) is 5.56 Å². The van der Waals surface area contributed by atoms with E-state index in [1.807, 2.05) is 0 Å². The van der Waals surface area contributed by atoms with Gasteiger partial charge in [-0.15, -0.1) is 0 Å². The molecule has 0 radical (unpaired) electrons. The van der Waals surface area contributed by atoms with Crippen LogP contribution in [0.1, 0.15) is 11.1 Å². The number of aryl methyl sites for hydroxylation is 1. The highest BCUT2D eigenvalue weighted by atomic mass is 32.2. The summed E-state index contributed by atoms with van der Waals surface area (Å²) in [5.41, 5.74) is 1.12. The van der Waals surface area contributed by atoms with Crippen LogP contribution in [-0.2, 0) is 16.6 Å². The minimum absolute atomic E-state index is 0.0232. The van der Waals surface area contributed by atoms with Gasteiger partial charge in [0.1, 0.15) is 5.82 Å². The normalized spacial score (nSPS) is 11.3. The van der Waals surface area contributed by atoms with Crippen molar-refractivity contribution in [2.24, 2.45) is 0 Å². The molecule has 0 fully saturated rings. The lowest BCUT2D eigenvalue weighted by Crippen LogP contribution is -2.14. The second kappa shape index (κ2) is 5.60. The van der Waals surface area contributed by atoms with E-state index in [4.69, 9.17) is 5.11 Å². The van der Waals surface area contributed by atoms with Crippen molar-refractivity contribution in [3.8, 4) is 0 Å². The Morgan fingerprint density at radius 1 is 1.20 bits per heavy atom. The number of anilines is 1. The van der Waals surface area contributed by atoms with E-state index < -0.39 is 15.8 Å². The standard InChI is InChI=1S/C14H14FNO3S/c1-10-5-6-13(15)14(7-10)16-20(18,19)12-4-2-3-11(8-12)9-17/h2-8,16-17H,9H2,1H3. The van der Waals surface area contributed by atoms with Gasteiger partial charge in [-0.2, -0.15) is 0 Å². The van der Waals surface area contributed by atoms with E-state index in [0.29, 0.717) is 5.56 Å². The number of aliphatic hydroxyl groups is 1. The third-order valence-corrected chi connectivity index (χ3v) is 4.12. The van der Waals surface area contributed by atoms with Gasteiger partial charge in [-0.25, -0.2) is 12.8 Å². The fourth-order valence-electron chi connectivity index (χ4n) is 1.73. The average Bonchev–Trinajstić information content (AvgIpc) is 2.43. The van der Waals surface area contributed by atoms with Crippen LogP contribution in [0.25, 0.3) is 0 Å². The van der Waals surface area contributed by atoms with Crippen molar-refractivity contribution in [2.75, 3.05) is 4.72 Å². The summed E-state index contributed by atoms with van der Waals surface area (Å²) in [7, 11) is -3.89. The van der Waals surface area contributed by atoms with Gasteiger partial charge in [0.05, 0.1) is 17.2 Å². The Bertz CT molecular complexity index is 729. The zero-order valence-electron chi connectivity index (χ0n) is 10.8. The van der Waals surface area contributed by atoms with Crippen LogP contribution >= 0.6 is 0 Å². The summed E-state index contributed by atoms with van der Waals surface area (Å²) < 4.78 is 40.2. The number of rotatable bonds is 4. The van der Waals surface area contributed by atoms with Crippen molar-refractivity contribution in [1.82, 2.24) is 0 Å². The molecule has 20 heavy (non-hydrogen) atoms. The van der Waals surface area contributed by atoms with Gasteiger partial charge in [0, 0.05) is 0 Å². The van der Waals surface area contributed by atoms with Gasteiger partial charge in [0.25, 0.3) is 10.0 Å². The highest BCUT2D eigenvalue weighted by molar-refractivity contribution is 7.92. The summed E-state index contributed by atoms with van der Waals surface area (Å²) in [5, 5.41) is 9.02. The maximum atomic E-state index is 13.6. The lowest BCUT2D eigenvalue weighted by molar-refractivity contribution is 0.281. The summed E-state index contributed by atoms with van der Waals surface area (Å²) >= 11 is 0. The van der Waals surface area contributed by atoms with Gasteiger partial charge >= 0.3 is 0 Å². The molecule has 0 heterocycles. The first-order valence-corrected chi connectivity index (χ1v) is 7.39. The largest absolute Gasteiger partial charge is 0.392 e. The van der Waals surface area contributed by atoms with Crippen molar-refractivity contribution in [3.05, 3.63) is 59.4 Å². The van der Waals surface area contributed by atoms with Gasteiger partial charge in [-0.05, 0) is 42.3 Å². The molecule has 0 spiro atoms. The van der Waals surface area contributed by atoms with Crippen molar-refractivity contribution >= 4 is 15.7 Å². The van der Waals surface area contributed by atoms with Crippen LogP contribution in [0.3, 0.4) is 0 Å². The molecule has 0 unspecified atom stereocenters. The predicted octanol–water partition coefficient (Wildman–Crippen LogP) is 2.43. The molecule has 0 atom stereocenters. The fourth-order valence-corrected chi connectivity index (χ4v) is 2.86. The molecular formula is C14H14FNO3S. The smallest absolute Gasteiger partial charge is 0.261 e. The lowest BCUT2D eigenvalue weighted by atomic mass is 10.2. The molecule has 0 aliphatic rings. The van der Waals surface area contributed by atoms with Crippen molar-refractivity contribution in [2.45, 2.75) is 18.4 Å². The van der Waals surface area contributed by atoms with Gasteiger partial charge in [0.2, 0.25) is 0 Å². The van der Waals surface area contributed by atoms with E-state index >= 15 is 0 Å². The summed E-state index contributed by atoms with van der Waals surface area (Å²) in [5.74, 6) is -0.641. The van der Waals surface area contributed by atoms with Crippen LogP contribution in [0.15, 0.2) is 47.4 Å². The fraction of sp³-hybridized carbons (Fsp3) is 0.143. The number of hydrogen-bond acceptors (Lipinski definition) is 3. The first-order valence-electron chi connectivity index (χ1n) is 5.91. The Kier molecular flexibility index (Phi) is 4.06. The molecule has 0 bridgehead atoms. The predicted molar refractivity (Wildman–Crippen MR) is 74.3 cm³/mol. The van der Waals surface area contributed by atoms with Crippen LogP contribution in [0.2, 0.25) is 0 Å². The third kappa shape index (κ3) is 3.15. The molecule has 2 aromatic carbocycles. The Balaban J connectivity index is 2.38. The Labute approximate surface area is 116 Å². The van der Waals surface area contributed by atoms with E-state index in [2.05, 4.69) is 4.72 Å². The summed E-state index contributed by atoms with van der Waals surface area (Å²) in [6.07, 6.45) is 0. The number of aliphatic hydroxyl groups excluding tert-OH is 1. The van der Waals surface area contributed by atoms with Crippen LogP contribution in [-0.4, -0.2) is 13.5 Å². The highest BCUT2D eigenvalue weighted by Gasteiger charge is 2.16. The molecular weight excluding hydrogens is 281 g/mol. The maximum absolute atomic E-state index is 13.6. The van der Waals surface area contributed by atoms with Gasteiger partial charge in [-0.3, -0.25) is 4.72 Å². The van der Waals surface area contributed by atoms with Crippen molar-refractivity contribution in [3.63, 3.8) is 0 Å². The molecule has 4 nitrogen and oxygen atoms in total. The Hall–Kier alpha value is -1.92. The molecule has 6 heteroatoms. The first kappa shape index (κ1) is 14.5. The molecule has 0 aliphatic carbocycles. The van der Waals surface area contributed by atoms with Gasteiger partial charge in [0.15, 0.2) is 0 Å². The molecule has 0 amide bonds. The molecule has 2 N–H and O–H groups in total. The minimum atomic E-state index is -3.89. The second-order valence-electron chi connectivity index (χ2n) is 4.39. The van der Waals surface area contributed by atoms with Gasteiger partial charge in [-0.1, -0.05) is 18.2 Å². The number of hydrogen-bond donors (Lipinski definition) is 2. The molecule has 0 aliphatic heterocycles. The molecule has 0 saturated carbocycles. The molecule has 106 valence electrons. The number of nitrogens with one attached hydrogen (secondary N) is 1. The zero-order chi connectivity index (χ0) is 14.8. The van der Waals surface area contributed by atoms with Crippen molar-refractivity contribution in [1.29, 1.82) is 0 Å². The van der Waals surface area contributed by atoms with Crippen LogP contribution < -0.4 is 4.72 Å². The van der Waals surface area contributed by atoms with Crippen LogP contribution in [0.5, 0.6) is 0 Å². The van der Waals surface area contributed by atoms with Gasteiger partial charge < -0.3 is 5.11 Å². The topological polar surface area (TPSA) is 66.4 Å². The van der Waals surface area contributed by atoms with E-state index in [1.165, 1.54) is 30.3 Å². The SMILES string of the molecule is Cc1ccc(F)c(NS(=O)(=O)c2cccc(CO)c2)c1. The highest BCUT2D eigenvalue weighted by Crippen LogP contribution is 2.21. The van der Waals surface area contributed by atoms with E-state index in [-0.39, 0.29) is 17.2 Å². The molecule has 0 saturated heterocycles. The maximum Gasteiger partial charge on any atom is 0.261 e. The summed E-state index contributed by atoms with van der Waals surface area (Å²) in [4.78, 5) is -0.0232. The van der Waals surface area contributed by atoms with E-state index in [1.54, 1.807) is 19.1 Å². The molecule has 2 aromatic rings. The Morgan fingerprint density at radius 2 is 1.95 bits per heavy atom. The number of halogens is 1.